The first-order chi connectivity index (χ1) is 10.6. The van der Waals surface area contributed by atoms with Crippen LogP contribution in [0.2, 0.25) is 5.02 Å². The van der Waals surface area contributed by atoms with Gasteiger partial charge in [0.05, 0.1) is 17.4 Å². The van der Waals surface area contributed by atoms with Crippen LogP contribution in [0.1, 0.15) is 5.56 Å². The number of aromatic nitrogens is 2. The summed E-state index contributed by atoms with van der Waals surface area (Å²) in [5.74, 6) is -1.06. The van der Waals surface area contributed by atoms with Gasteiger partial charge in [0.2, 0.25) is 0 Å². The molecule has 0 saturated carbocycles. The third-order valence-electron chi connectivity index (χ3n) is 3.44. The second kappa shape index (κ2) is 5.69. The first kappa shape index (κ1) is 14.4. The van der Waals surface area contributed by atoms with E-state index in [-0.39, 0.29) is 12.1 Å². The van der Waals surface area contributed by atoms with Gasteiger partial charge in [-0.2, -0.15) is 0 Å². The van der Waals surface area contributed by atoms with Crippen LogP contribution in [0.4, 0.5) is 0 Å². The molecule has 0 radical (unpaired) electrons. The zero-order valence-corrected chi connectivity index (χ0v) is 12.3. The molecule has 5 nitrogen and oxygen atoms in total. The van der Waals surface area contributed by atoms with Gasteiger partial charge in [-0.3, -0.25) is 14.3 Å². The lowest BCUT2D eigenvalue weighted by atomic mass is 10.2. The Morgan fingerprint density at radius 2 is 1.86 bits per heavy atom. The van der Waals surface area contributed by atoms with Crippen molar-refractivity contribution in [2.45, 2.75) is 13.1 Å². The summed E-state index contributed by atoms with van der Waals surface area (Å²) < 4.78 is 2.92. The summed E-state index contributed by atoms with van der Waals surface area (Å²) in [6.45, 7) is -0.00925. The van der Waals surface area contributed by atoms with Crippen LogP contribution in [0.3, 0.4) is 0 Å². The zero-order valence-electron chi connectivity index (χ0n) is 11.6. The lowest BCUT2D eigenvalue weighted by Gasteiger charge is -2.11. The molecule has 3 rings (SSSR count). The third-order valence-corrected chi connectivity index (χ3v) is 3.68. The minimum Gasteiger partial charge on any atom is -0.480 e. The maximum absolute atomic E-state index is 12.4. The molecule has 0 spiro atoms. The molecule has 0 saturated heterocycles. The first-order valence-electron chi connectivity index (χ1n) is 6.71. The van der Waals surface area contributed by atoms with E-state index in [2.05, 4.69) is 0 Å². The van der Waals surface area contributed by atoms with E-state index < -0.39 is 5.97 Å². The van der Waals surface area contributed by atoms with Crippen molar-refractivity contribution in [3.05, 3.63) is 69.5 Å². The predicted octanol–water partition coefficient (Wildman–Crippen LogP) is 2.59. The standard InChI is InChI=1S/C16H13ClN2O3/c17-12-5-3-4-11(8-12)9-18-14-7-2-1-6-13(14)16(22)19(18)10-15(20)21/h1-8H,9-10H2,(H,20,21). The molecule has 1 heterocycles. The van der Waals surface area contributed by atoms with Gasteiger partial charge in [0.25, 0.3) is 5.56 Å². The molecule has 0 unspecified atom stereocenters. The molecule has 0 atom stereocenters. The topological polar surface area (TPSA) is 64.2 Å². The van der Waals surface area contributed by atoms with Crippen LogP contribution in [-0.4, -0.2) is 20.4 Å². The monoisotopic (exact) mass is 316 g/mol. The molecule has 6 heteroatoms. The predicted molar refractivity (Wildman–Crippen MR) is 84.4 cm³/mol. The molecule has 1 aromatic heterocycles. The number of hydrogen-bond donors (Lipinski definition) is 1. The fourth-order valence-corrected chi connectivity index (χ4v) is 2.74. The van der Waals surface area contributed by atoms with E-state index >= 15 is 0 Å². The highest BCUT2D eigenvalue weighted by molar-refractivity contribution is 6.30. The highest BCUT2D eigenvalue weighted by Crippen LogP contribution is 2.16. The van der Waals surface area contributed by atoms with Gasteiger partial charge in [-0.25, -0.2) is 4.68 Å². The summed E-state index contributed by atoms with van der Waals surface area (Å²) in [6, 6.07) is 14.4. The Kier molecular flexibility index (Phi) is 3.73. The van der Waals surface area contributed by atoms with Crippen LogP contribution < -0.4 is 5.56 Å². The number of fused-ring (bicyclic) bond motifs is 1. The Morgan fingerprint density at radius 3 is 2.59 bits per heavy atom. The van der Waals surface area contributed by atoms with Crippen molar-refractivity contribution in [1.82, 2.24) is 9.36 Å². The summed E-state index contributed by atoms with van der Waals surface area (Å²) >= 11 is 5.99. The number of aliphatic carboxylic acids is 1. The van der Waals surface area contributed by atoms with E-state index in [1.54, 1.807) is 35.0 Å². The molecule has 0 aliphatic rings. The normalized spacial score (nSPS) is 11.0. The number of hydrogen-bond acceptors (Lipinski definition) is 2. The van der Waals surface area contributed by atoms with Crippen LogP contribution in [0.5, 0.6) is 0 Å². The SMILES string of the molecule is O=C(O)Cn1c(=O)c2ccccc2n1Cc1cccc(Cl)c1. The van der Waals surface area contributed by atoms with Crippen molar-refractivity contribution >= 4 is 28.5 Å². The minimum absolute atomic E-state index is 0.306. The van der Waals surface area contributed by atoms with Gasteiger partial charge in [-0.15, -0.1) is 0 Å². The van der Waals surface area contributed by atoms with Crippen molar-refractivity contribution in [2.75, 3.05) is 0 Å². The summed E-state index contributed by atoms with van der Waals surface area (Å²) in [5.41, 5.74) is 1.29. The maximum atomic E-state index is 12.4. The van der Waals surface area contributed by atoms with Crippen molar-refractivity contribution in [2.24, 2.45) is 0 Å². The summed E-state index contributed by atoms with van der Waals surface area (Å²) in [4.78, 5) is 23.5. The Hall–Kier alpha value is -2.53. The number of carbonyl (C=O) groups is 1. The van der Waals surface area contributed by atoms with E-state index in [1.165, 1.54) is 4.68 Å². The Morgan fingerprint density at radius 1 is 1.09 bits per heavy atom. The number of carboxylic acid groups (broad SMARTS) is 1. The average molecular weight is 317 g/mol. The van der Waals surface area contributed by atoms with Crippen LogP contribution in [0, 0.1) is 0 Å². The number of nitrogens with zero attached hydrogens (tertiary/aromatic N) is 2. The Bertz CT molecular complexity index is 911. The van der Waals surface area contributed by atoms with Gasteiger partial charge in [0, 0.05) is 5.02 Å². The molecule has 112 valence electrons. The second-order valence-corrected chi connectivity index (χ2v) is 5.40. The van der Waals surface area contributed by atoms with E-state index in [0.29, 0.717) is 22.5 Å². The fourth-order valence-electron chi connectivity index (χ4n) is 2.52. The van der Waals surface area contributed by atoms with Gasteiger partial charge in [0.15, 0.2) is 0 Å². The van der Waals surface area contributed by atoms with Crippen LogP contribution >= 0.6 is 11.6 Å². The lowest BCUT2D eigenvalue weighted by Crippen LogP contribution is -2.27. The maximum Gasteiger partial charge on any atom is 0.325 e. The van der Waals surface area contributed by atoms with E-state index in [9.17, 15) is 9.59 Å². The summed E-state index contributed by atoms with van der Waals surface area (Å²) in [5, 5.41) is 10.2. The lowest BCUT2D eigenvalue weighted by molar-refractivity contribution is -0.138. The summed E-state index contributed by atoms with van der Waals surface area (Å²) in [7, 11) is 0. The first-order valence-corrected chi connectivity index (χ1v) is 7.08. The smallest absolute Gasteiger partial charge is 0.325 e. The molecule has 0 fully saturated rings. The molecular weight excluding hydrogens is 304 g/mol. The molecule has 0 bridgehead atoms. The Balaban J connectivity index is 2.18. The van der Waals surface area contributed by atoms with Crippen molar-refractivity contribution in [3.63, 3.8) is 0 Å². The van der Waals surface area contributed by atoms with Crippen LogP contribution in [0.15, 0.2) is 53.3 Å². The molecule has 0 aliphatic carbocycles. The number of carboxylic acids is 1. The number of para-hydroxylation sites is 1. The van der Waals surface area contributed by atoms with Gasteiger partial charge < -0.3 is 5.11 Å². The zero-order chi connectivity index (χ0) is 15.7. The highest BCUT2D eigenvalue weighted by atomic mass is 35.5. The molecule has 22 heavy (non-hydrogen) atoms. The molecule has 2 aromatic carbocycles. The molecule has 1 N–H and O–H groups in total. The van der Waals surface area contributed by atoms with Crippen molar-refractivity contribution < 1.29 is 9.90 Å². The van der Waals surface area contributed by atoms with E-state index in [0.717, 1.165) is 5.56 Å². The molecular formula is C16H13ClN2O3. The van der Waals surface area contributed by atoms with Gasteiger partial charge in [0.1, 0.15) is 6.54 Å². The van der Waals surface area contributed by atoms with Gasteiger partial charge in [-0.05, 0) is 29.8 Å². The number of halogens is 1. The molecule has 0 amide bonds. The largest absolute Gasteiger partial charge is 0.480 e. The van der Waals surface area contributed by atoms with E-state index in [4.69, 9.17) is 16.7 Å². The van der Waals surface area contributed by atoms with Crippen molar-refractivity contribution in [3.8, 4) is 0 Å². The fraction of sp³-hybridized carbons (Fsp3) is 0.125. The number of rotatable bonds is 4. The van der Waals surface area contributed by atoms with E-state index in [1.807, 2.05) is 18.2 Å². The summed E-state index contributed by atoms with van der Waals surface area (Å²) in [6.07, 6.45) is 0. The average Bonchev–Trinajstić information content (AvgIpc) is 2.73. The van der Waals surface area contributed by atoms with Crippen LogP contribution in [-0.2, 0) is 17.9 Å². The third kappa shape index (κ3) is 2.63. The number of benzene rings is 2. The second-order valence-electron chi connectivity index (χ2n) is 4.96. The quantitative estimate of drug-likeness (QED) is 0.804. The van der Waals surface area contributed by atoms with Gasteiger partial charge >= 0.3 is 5.97 Å². The van der Waals surface area contributed by atoms with Crippen LogP contribution in [0.25, 0.3) is 10.9 Å². The highest BCUT2D eigenvalue weighted by Gasteiger charge is 2.15. The van der Waals surface area contributed by atoms with Gasteiger partial charge in [-0.1, -0.05) is 35.9 Å². The Labute approximate surface area is 131 Å². The van der Waals surface area contributed by atoms with Crippen molar-refractivity contribution in [1.29, 1.82) is 0 Å². The molecule has 0 aliphatic heterocycles. The molecule has 3 aromatic rings. The minimum atomic E-state index is -1.06.